The SMILES string of the molecule is N#CCCCNC(=O)/C=C/c1ccc(N)cc1. The Hall–Kier alpha value is -2.28. The number of carbonyl (C=O) groups is 1. The minimum atomic E-state index is -0.153. The Bertz CT molecular complexity index is 429. The number of amides is 1. The molecule has 0 unspecified atom stereocenters. The van der Waals surface area contributed by atoms with Crippen LogP contribution in [0.1, 0.15) is 18.4 Å². The third-order valence-corrected chi connectivity index (χ3v) is 2.13. The molecule has 0 radical (unpaired) electrons. The highest BCUT2D eigenvalue weighted by Crippen LogP contribution is 2.06. The van der Waals surface area contributed by atoms with Crippen molar-refractivity contribution < 1.29 is 4.79 Å². The second kappa shape index (κ2) is 7.07. The summed E-state index contributed by atoms with van der Waals surface area (Å²) in [6.45, 7) is 0.526. The lowest BCUT2D eigenvalue weighted by Crippen LogP contribution is -2.21. The van der Waals surface area contributed by atoms with E-state index in [0.717, 1.165) is 5.56 Å². The molecule has 17 heavy (non-hydrogen) atoms. The van der Waals surface area contributed by atoms with Gasteiger partial charge in [0.1, 0.15) is 0 Å². The Morgan fingerprint density at radius 3 is 2.76 bits per heavy atom. The minimum absolute atomic E-state index is 0.153. The molecule has 0 fully saturated rings. The maximum Gasteiger partial charge on any atom is 0.243 e. The normalized spacial score (nSPS) is 10.1. The van der Waals surface area contributed by atoms with Crippen molar-refractivity contribution in [3.05, 3.63) is 35.9 Å². The van der Waals surface area contributed by atoms with Crippen LogP contribution in [0.15, 0.2) is 30.3 Å². The molecule has 4 nitrogen and oxygen atoms in total. The van der Waals surface area contributed by atoms with Crippen molar-refractivity contribution in [3.8, 4) is 6.07 Å². The molecule has 1 aromatic carbocycles. The van der Waals surface area contributed by atoms with E-state index in [0.29, 0.717) is 25.1 Å². The van der Waals surface area contributed by atoms with Gasteiger partial charge >= 0.3 is 0 Å². The maximum atomic E-state index is 11.3. The number of nitrogens with zero attached hydrogens (tertiary/aromatic N) is 1. The standard InChI is InChI=1S/C13H15N3O/c14-9-1-2-10-16-13(17)8-5-11-3-6-12(15)7-4-11/h3-8H,1-2,10,15H2,(H,16,17)/b8-5+. The smallest absolute Gasteiger partial charge is 0.243 e. The van der Waals surface area contributed by atoms with Crippen molar-refractivity contribution in [2.45, 2.75) is 12.8 Å². The van der Waals surface area contributed by atoms with Gasteiger partial charge in [0, 0.05) is 24.7 Å². The topological polar surface area (TPSA) is 78.9 Å². The van der Waals surface area contributed by atoms with Crippen molar-refractivity contribution in [2.24, 2.45) is 0 Å². The summed E-state index contributed by atoms with van der Waals surface area (Å²) in [4.78, 5) is 11.3. The van der Waals surface area contributed by atoms with Crippen molar-refractivity contribution >= 4 is 17.7 Å². The molecular weight excluding hydrogens is 214 g/mol. The van der Waals surface area contributed by atoms with Gasteiger partial charge in [0.15, 0.2) is 0 Å². The van der Waals surface area contributed by atoms with Gasteiger partial charge in [0.2, 0.25) is 5.91 Å². The van der Waals surface area contributed by atoms with E-state index < -0.39 is 0 Å². The first-order valence-corrected chi connectivity index (χ1v) is 5.41. The molecule has 0 spiro atoms. The summed E-state index contributed by atoms with van der Waals surface area (Å²) in [6, 6.07) is 9.27. The van der Waals surface area contributed by atoms with Crippen LogP contribution in [0.3, 0.4) is 0 Å². The van der Waals surface area contributed by atoms with E-state index in [9.17, 15) is 4.79 Å². The lowest BCUT2D eigenvalue weighted by atomic mass is 10.2. The number of anilines is 1. The lowest BCUT2D eigenvalue weighted by Gasteiger charge is -1.99. The number of hydrogen-bond acceptors (Lipinski definition) is 3. The zero-order valence-corrected chi connectivity index (χ0v) is 9.52. The fraction of sp³-hybridized carbons (Fsp3) is 0.231. The van der Waals surface area contributed by atoms with Crippen LogP contribution in [0.5, 0.6) is 0 Å². The van der Waals surface area contributed by atoms with Crippen LogP contribution >= 0.6 is 0 Å². The first kappa shape index (κ1) is 12.8. The molecule has 0 aliphatic rings. The number of nitrogens with one attached hydrogen (secondary N) is 1. The van der Waals surface area contributed by atoms with Gasteiger partial charge in [-0.15, -0.1) is 0 Å². The zero-order valence-electron chi connectivity index (χ0n) is 9.52. The van der Waals surface area contributed by atoms with Crippen LogP contribution in [-0.2, 0) is 4.79 Å². The number of carbonyl (C=O) groups excluding carboxylic acids is 1. The summed E-state index contributed by atoms with van der Waals surface area (Å²) < 4.78 is 0. The van der Waals surface area contributed by atoms with Crippen LogP contribution < -0.4 is 11.1 Å². The van der Waals surface area contributed by atoms with E-state index in [1.807, 2.05) is 18.2 Å². The lowest BCUT2D eigenvalue weighted by molar-refractivity contribution is -0.116. The van der Waals surface area contributed by atoms with Crippen LogP contribution in [-0.4, -0.2) is 12.5 Å². The number of unbranched alkanes of at least 4 members (excludes halogenated alkanes) is 1. The van der Waals surface area contributed by atoms with Gasteiger partial charge in [0.25, 0.3) is 0 Å². The quantitative estimate of drug-likeness (QED) is 0.458. The molecule has 0 bridgehead atoms. The number of nitriles is 1. The average Bonchev–Trinajstić information content (AvgIpc) is 2.34. The number of nitrogen functional groups attached to an aromatic ring is 1. The van der Waals surface area contributed by atoms with Crippen LogP contribution in [0.2, 0.25) is 0 Å². The fourth-order valence-corrected chi connectivity index (χ4v) is 1.22. The van der Waals surface area contributed by atoms with Crippen molar-refractivity contribution in [1.82, 2.24) is 5.32 Å². The predicted molar refractivity (Wildman–Crippen MR) is 67.7 cm³/mol. The molecule has 0 heterocycles. The summed E-state index contributed by atoms with van der Waals surface area (Å²) in [5.74, 6) is -0.153. The van der Waals surface area contributed by atoms with Crippen molar-refractivity contribution in [2.75, 3.05) is 12.3 Å². The first-order valence-electron chi connectivity index (χ1n) is 5.41. The molecule has 1 amide bonds. The molecule has 0 aliphatic carbocycles. The molecule has 0 saturated carbocycles. The fourth-order valence-electron chi connectivity index (χ4n) is 1.22. The zero-order chi connectivity index (χ0) is 12.5. The molecule has 0 aromatic heterocycles. The van der Waals surface area contributed by atoms with Gasteiger partial charge in [-0.25, -0.2) is 0 Å². The van der Waals surface area contributed by atoms with E-state index in [1.165, 1.54) is 6.08 Å². The number of rotatable bonds is 5. The van der Waals surface area contributed by atoms with E-state index in [1.54, 1.807) is 18.2 Å². The summed E-state index contributed by atoms with van der Waals surface area (Å²) in [6.07, 6.45) is 4.33. The molecule has 3 N–H and O–H groups in total. The number of nitrogens with two attached hydrogens (primary N) is 1. The molecule has 88 valence electrons. The molecule has 0 atom stereocenters. The summed E-state index contributed by atoms with van der Waals surface area (Å²) in [5.41, 5.74) is 7.17. The number of benzene rings is 1. The molecule has 4 heteroatoms. The minimum Gasteiger partial charge on any atom is -0.399 e. The highest BCUT2D eigenvalue weighted by atomic mass is 16.1. The molecular formula is C13H15N3O. The van der Waals surface area contributed by atoms with Gasteiger partial charge in [0.05, 0.1) is 6.07 Å². The van der Waals surface area contributed by atoms with Crippen molar-refractivity contribution in [1.29, 1.82) is 5.26 Å². The summed E-state index contributed by atoms with van der Waals surface area (Å²) in [7, 11) is 0. The van der Waals surface area contributed by atoms with Gasteiger partial charge < -0.3 is 11.1 Å². The highest BCUT2D eigenvalue weighted by molar-refractivity contribution is 5.91. The Morgan fingerprint density at radius 2 is 2.12 bits per heavy atom. The van der Waals surface area contributed by atoms with Gasteiger partial charge in [-0.05, 0) is 30.2 Å². The Balaban J connectivity index is 2.35. The Morgan fingerprint density at radius 1 is 1.41 bits per heavy atom. The number of hydrogen-bond donors (Lipinski definition) is 2. The van der Waals surface area contributed by atoms with Gasteiger partial charge in [-0.3, -0.25) is 4.79 Å². The maximum absolute atomic E-state index is 11.3. The molecule has 0 saturated heterocycles. The van der Waals surface area contributed by atoms with E-state index in [2.05, 4.69) is 5.32 Å². The largest absolute Gasteiger partial charge is 0.399 e. The molecule has 1 rings (SSSR count). The second-order valence-corrected chi connectivity index (χ2v) is 3.55. The predicted octanol–water partition coefficient (Wildman–Crippen LogP) is 1.70. The van der Waals surface area contributed by atoms with Crippen LogP contribution in [0.25, 0.3) is 6.08 Å². The summed E-state index contributed by atoms with van der Waals surface area (Å²) >= 11 is 0. The third-order valence-electron chi connectivity index (χ3n) is 2.13. The van der Waals surface area contributed by atoms with Crippen LogP contribution in [0.4, 0.5) is 5.69 Å². The van der Waals surface area contributed by atoms with E-state index >= 15 is 0 Å². The van der Waals surface area contributed by atoms with Crippen LogP contribution in [0, 0.1) is 11.3 Å². The van der Waals surface area contributed by atoms with Crippen molar-refractivity contribution in [3.63, 3.8) is 0 Å². The second-order valence-electron chi connectivity index (χ2n) is 3.55. The Kier molecular flexibility index (Phi) is 5.32. The molecule has 1 aromatic rings. The van der Waals surface area contributed by atoms with Gasteiger partial charge in [-0.1, -0.05) is 12.1 Å². The summed E-state index contributed by atoms with van der Waals surface area (Å²) in [5, 5.41) is 11.0. The third kappa shape index (κ3) is 5.38. The highest BCUT2D eigenvalue weighted by Gasteiger charge is 1.94. The average molecular weight is 229 g/mol. The van der Waals surface area contributed by atoms with E-state index in [4.69, 9.17) is 11.0 Å². The van der Waals surface area contributed by atoms with E-state index in [-0.39, 0.29) is 5.91 Å². The first-order chi connectivity index (χ1) is 8.22. The van der Waals surface area contributed by atoms with Gasteiger partial charge in [-0.2, -0.15) is 5.26 Å². The monoisotopic (exact) mass is 229 g/mol. The molecule has 0 aliphatic heterocycles. The Labute approximate surface area is 101 Å².